The van der Waals surface area contributed by atoms with E-state index in [4.69, 9.17) is 11.2 Å². The molecule has 72 valence electrons. The van der Waals surface area contributed by atoms with E-state index in [9.17, 15) is 0 Å². The van der Waals surface area contributed by atoms with E-state index in [1.54, 1.807) is 0 Å². The van der Waals surface area contributed by atoms with E-state index in [0.717, 1.165) is 6.42 Å². The average molecular weight is 186 g/mol. The first-order valence-corrected chi connectivity index (χ1v) is 4.96. The minimum atomic E-state index is 0.267. The van der Waals surface area contributed by atoms with Gasteiger partial charge >= 0.3 is 0 Å². The summed E-state index contributed by atoms with van der Waals surface area (Å²) in [4.78, 5) is 0. The van der Waals surface area contributed by atoms with Gasteiger partial charge in [-0.3, -0.25) is 0 Å². The molecule has 0 bridgehead atoms. The summed E-state index contributed by atoms with van der Waals surface area (Å²) >= 11 is 0. The average Bonchev–Trinajstić information content (AvgIpc) is 2.54. The molecule has 0 saturated heterocycles. The fourth-order valence-electron chi connectivity index (χ4n) is 2.12. The van der Waals surface area contributed by atoms with Crippen molar-refractivity contribution in [2.75, 3.05) is 6.61 Å². The zero-order chi connectivity index (χ0) is 9.97. The third-order valence-corrected chi connectivity index (χ3v) is 2.91. The highest BCUT2D eigenvalue weighted by atomic mass is 16.5. The summed E-state index contributed by atoms with van der Waals surface area (Å²) in [5.41, 5.74) is 2.82. The summed E-state index contributed by atoms with van der Waals surface area (Å²) in [5, 5.41) is 0. The highest BCUT2D eigenvalue weighted by molar-refractivity contribution is 5.36. The molecule has 1 aromatic carbocycles. The van der Waals surface area contributed by atoms with Gasteiger partial charge in [-0.25, -0.2) is 0 Å². The third kappa shape index (κ3) is 1.54. The molecule has 2 rings (SSSR count). The number of hydrogen-bond acceptors (Lipinski definition) is 1. The SMILES string of the molecule is C#CCO[C@@H]1Cc2ccccc2[C@@H]1C. The van der Waals surface area contributed by atoms with Crippen LogP contribution in [0.2, 0.25) is 0 Å². The molecule has 14 heavy (non-hydrogen) atoms. The van der Waals surface area contributed by atoms with Gasteiger partial charge in [0.15, 0.2) is 0 Å². The molecule has 0 unspecified atom stereocenters. The maximum atomic E-state index is 5.61. The third-order valence-electron chi connectivity index (χ3n) is 2.91. The molecular weight excluding hydrogens is 172 g/mol. The topological polar surface area (TPSA) is 9.23 Å². The summed E-state index contributed by atoms with van der Waals surface area (Å²) < 4.78 is 5.61. The lowest BCUT2D eigenvalue weighted by Crippen LogP contribution is -2.16. The van der Waals surface area contributed by atoms with Crippen molar-refractivity contribution in [1.29, 1.82) is 0 Å². The van der Waals surface area contributed by atoms with Gasteiger partial charge in [-0.05, 0) is 17.5 Å². The van der Waals surface area contributed by atoms with E-state index in [0.29, 0.717) is 12.5 Å². The van der Waals surface area contributed by atoms with E-state index in [1.807, 2.05) is 0 Å². The zero-order valence-electron chi connectivity index (χ0n) is 8.36. The van der Waals surface area contributed by atoms with Crippen LogP contribution in [0.5, 0.6) is 0 Å². The Labute approximate surface area is 85.1 Å². The maximum Gasteiger partial charge on any atom is 0.107 e. The number of benzene rings is 1. The number of rotatable bonds is 2. The molecule has 0 saturated carbocycles. The van der Waals surface area contributed by atoms with Gasteiger partial charge in [-0.15, -0.1) is 6.42 Å². The van der Waals surface area contributed by atoms with Crippen molar-refractivity contribution >= 4 is 0 Å². The van der Waals surface area contributed by atoms with Gasteiger partial charge in [0.25, 0.3) is 0 Å². The Bertz CT molecular complexity index is 362. The molecule has 1 nitrogen and oxygen atoms in total. The van der Waals surface area contributed by atoms with Crippen LogP contribution >= 0.6 is 0 Å². The van der Waals surface area contributed by atoms with Crippen molar-refractivity contribution in [2.45, 2.75) is 25.4 Å². The molecule has 1 aromatic rings. The van der Waals surface area contributed by atoms with E-state index in [2.05, 4.69) is 37.1 Å². The van der Waals surface area contributed by atoms with Gasteiger partial charge in [0.05, 0.1) is 6.10 Å². The highest BCUT2D eigenvalue weighted by Crippen LogP contribution is 2.34. The Kier molecular flexibility index (Phi) is 2.56. The van der Waals surface area contributed by atoms with E-state index in [-0.39, 0.29) is 6.10 Å². The molecule has 0 heterocycles. The van der Waals surface area contributed by atoms with Crippen molar-refractivity contribution in [2.24, 2.45) is 0 Å². The Morgan fingerprint density at radius 1 is 1.50 bits per heavy atom. The van der Waals surface area contributed by atoms with E-state index in [1.165, 1.54) is 11.1 Å². The fourth-order valence-corrected chi connectivity index (χ4v) is 2.12. The number of ether oxygens (including phenoxy) is 1. The van der Waals surface area contributed by atoms with Gasteiger partial charge in [-0.1, -0.05) is 37.1 Å². The molecule has 1 heteroatoms. The van der Waals surface area contributed by atoms with Crippen LogP contribution in [0.3, 0.4) is 0 Å². The minimum absolute atomic E-state index is 0.267. The van der Waals surface area contributed by atoms with Crippen LogP contribution in [-0.2, 0) is 11.2 Å². The van der Waals surface area contributed by atoms with Crippen LogP contribution in [0.25, 0.3) is 0 Å². The van der Waals surface area contributed by atoms with Gasteiger partial charge in [0.2, 0.25) is 0 Å². The second kappa shape index (κ2) is 3.86. The first-order valence-electron chi connectivity index (χ1n) is 4.96. The number of fused-ring (bicyclic) bond motifs is 1. The van der Waals surface area contributed by atoms with Crippen molar-refractivity contribution in [1.82, 2.24) is 0 Å². The molecule has 0 radical (unpaired) electrons. The Hall–Kier alpha value is -1.26. The Morgan fingerprint density at radius 2 is 2.29 bits per heavy atom. The molecule has 0 spiro atoms. The zero-order valence-corrected chi connectivity index (χ0v) is 8.36. The normalized spacial score (nSPS) is 24.3. The second-order valence-electron chi connectivity index (χ2n) is 3.75. The number of terminal acetylenes is 1. The van der Waals surface area contributed by atoms with E-state index >= 15 is 0 Å². The smallest absolute Gasteiger partial charge is 0.107 e. The Morgan fingerprint density at radius 3 is 3.00 bits per heavy atom. The van der Waals surface area contributed by atoms with Crippen LogP contribution < -0.4 is 0 Å². The molecule has 0 fully saturated rings. The standard InChI is InChI=1S/C13H14O/c1-3-8-14-13-9-11-6-4-5-7-12(11)10(13)2/h1,4-7,10,13H,8-9H2,2H3/t10-,13+/m0/s1. The van der Waals surface area contributed by atoms with Crippen LogP contribution in [0, 0.1) is 12.3 Å². The monoisotopic (exact) mass is 186 g/mol. The Balaban J connectivity index is 2.14. The first-order chi connectivity index (χ1) is 6.83. The van der Waals surface area contributed by atoms with Crippen molar-refractivity contribution < 1.29 is 4.74 Å². The molecule has 1 aliphatic carbocycles. The first kappa shape index (κ1) is 9.30. The molecule has 0 aromatic heterocycles. The lowest BCUT2D eigenvalue weighted by molar-refractivity contribution is 0.0700. The largest absolute Gasteiger partial charge is 0.365 e. The molecule has 0 aliphatic heterocycles. The molecule has 1 aliphatic rings. The summed E-state index contributed by atoms with van der Waals surface area (Å²) in [7, 11) is 0. The molecule has 0 N–H and O–H groups in total. The second-order valence-corrected chi connectivity index (χ2v) is 3.75. The van der Waals surface area contributed by atoms with Gasteiger partial charge < -0.3 is 4.74 Å². The maximum absolute atomic E-state index is 5.61. The minimum Gasteiger partial charge on any atom is -0.365 e. The molecule has 0 amide bonds. The van der Waals surface area contributed by atoms with E-state index < -0.39 is 0 Å². The summed E-state index contributed by atoms with van der Waals surface area (Å²) in [6.45, 7) is 2.62. The van der Waals surface area contributed by atoms with Crippen molar-refractivity contribution in [3.8, 4) is 12.3 Å². The van der Waals surface area contributed by atoms with Crippen molar-refractivity contribution in [3.63, 3.8) is 0 Å². The summed E-state index contributed by atoms with van der Waals surface area (Å²) in [6.07, 6.45) is 6.45. The van der Waals surface area contributed by atoms with Crippen LogP contribution in [-0.4, -0.2) is 12.7 Å². The van der Waals surface area contributed by atoms with Gasteiger partial charge in [0, 0.05) is 5.92 Å². The summed E-state index contributed by atoms with van der Waals surface area (Å²) in [6, 6.07) is 8.51. The fraction of sp³-hybridized carbons (Fsp3) is 0.385. The van der Waals surface area contributed by atoms with Crippen LogP contribution in [0.4, 0.5) is 0 Å². The predicted molar refractivity (Wildman–Crippen MR) is 57.1 cm³/mol. The van der Waals surface area contributed by atoms with Crippen LogP contribution in [0.15, 0.2) is 24.3 Å². The lowest BCUT2D eigenvalue weighted by Gasteiger charge is -2.14. The number of hydrogen-bond donors (Lipinski definition) is 0. The predicted octanol–water partition coefficient (Wildman–Crippen LogP) is 2.36. The highest BCUT2D eigenvalue weighted by Gasteiger charge is 2.28. The lowest BCUT2D eigenvalue weighted by atomic mass is 10.0. The molecule has 2 atom stereocenters. The molecular formula is C13H14O. The van der Waals surface area contributed by atoms with Gasteiger partial charge in [-0.2, -0.15) is 0 Å². The van der Waals surface area contributed by atoms with Gasteiger partial charge in [0.1, 0.15) is 6.61 Å². The quantitative estimate of drug-likeness (QED) is 0.644. The van der Waals surface area contributed by atoms with Crippen LogP contribution in [0.1, 0.15) is 24.0 Å². The van der Waals surface area contributed by atoms with Crippen molar-refractivity contribution in [3.05, 3.63) is 35.4 Å². The summed E-state index contributed by atoms with van der Waals surface area (Å²) in [5.74, 6) is 2.99.